The van der Waals surface area contributed by atoms with Gasteiger partial charge in [-0.25, -0.2) is 5.43 Å². The van der Waals surface area contributed by atoms with E-state index in [1.807, 2.05) is 12.1 Å². The Labute approximate surface area is 187 Å². The van der Waals surface area contributed by atoms with Crippen molar-refractivity contribution in [3.05, 3.63) is 92.9 Å². The van der Waals surface area contributed by atoms with Crippen molar-refractivity contribution in [3.63, 3.8) is 0 Å². The number of ether oxygens (including phenoxy) is 1. The maximum absolute atomic E-state index is 12.4. The van der Waals surface area contributed by atoms with Gasteiger partial charge in [-0.2, -0.15) is 5.10 Å². The third-order valence-electron chi connectivity index (χ3n) is 4.03. The first-order chi connectivity index (χ1) is 14.5. The molecule has 0 fully saturated rings. The highest BCUT2D eigenvalue weighted by Gasteiger charge is 2.09. The van der Waals surface area contributed by atoms with Crippen LogP contribution in [0.2, 0.25) is 5.02 Å². The Kier molecular flexibility index (Phi) is 7.21. The molecule has 2 amide bonds. The quantitative estimate of drug-likeness (QED) is 0.374. The van der Waals surface area contributed by atoms with Gasteiger partial charge in [0.2, 0.25) is 0 Å². The lowest BCUT2D eigenvalue weighted by molar-refractivity contribution is 0.0953. The van der Waals surface area contributed by atoms with Crippen molar-refractivity contribution in [3.8, 4) is 5.75 Å². The minimum Gasteiger partial charge on any atom is -0.496 e. The van der Waals surface area contributed by atoms with Crippen LogP contribution in [0.15, 0.2) is 76.3 Å². The molecule has 30 heavy (non-hydrogen) atoms. The fraction of sp³-hybridized carbons (Fsp3) is 0.0455. The summed E-state index contributed by atoms with van der Waals surface area (Å²) in [6.07, 6.45) is 1.49. The van der Waals surface area contributed by atoms with Crippen molar-refractivity contribution in [2.75, 3.05) is 12.4 Å². The summed E-state index contributed by atoms with van der Waals surface area (Å²) in [4.78, 5) is 24.8. The highest BCUT2D eigenvalue weighted by molar-refractivity contribution is 9.10. The molecule has 0 heterocycles. The molecule has 2 N–H and O–H groups in total. The summed E-state index contributed by atoms with van der Waals surface area (Å²) < 4.78 is 6.13. The molecule has 6 nitrogen and oxygen atoms in total. The van der Waals surface area contributed by atoms with Gasteiger partial charge < -0.3 is 10.1 Å². The van der Waals surface area contributed by atoms with Gasteiger partial charge in [-0.05, 0) is 54.6 Å². The normalized spacial score (nSPS) is 10.6. The van der Waals surface area contributed by atoms with Crippen molar-refractivity contribution in [1.29, 1.82) is 0 Å². The molecule has 0 unspecified atom stereocenters. The lowest BCUT2D eigenvalue weighted by Crippen LogP contribution is -2.18. The van der Waals surface area contributed by atoms with Gasteiger partial charge in [0.15, 0.2) is 0 Å². The fourth-order valence-electron chi connectivity index (χ4n) is 2.60. The molecule has 0 saturated carbocycles. The molecule has 0 radical (unpaired) electrons. The predicted octanol–water partition coefficient (Wildman–Crippen LogP) is 5.13. The number of hydrogen-bond acceptors (Lipinski definition) is 4. The Balaban J connectivity index is 1.67. The summed E-state index contributed by atoms with van der Waals surface area (Å²) in [7, 11) is 1.56. The van der Waals surface area contributed by atoms with E-state index < -0.39 is 5.91 Å². The molecule has 0 aliphatic rings. The number of halogens is 2. The van der Waals surface area contributed by atoms with Crippen LogP contribution < -0.4 is 15.5 Å². The molecule has 0 saturated heterocycles. The van der Waals surface area contributed by atoms with Crippen LogP contribution in [0.4, 0.5) is 5.69 Å². The standard InChI is InChI=1S/C22H17BrClN3O3/c1-30-20-9-8-17(23)10-16(20)13-25-27-22(29)15-5-3-7-19(12-15)26-21(28)14-4-2-6-18(24)11-14/h2-13H,1H3,(H,26,28)(H,27,29)/b25-13+. The van der Waals surface area contributed by atoms with Crippen molar-refractivity contribution in [2.24, 2.45) is 5.10 Å². The Morgan fingerprint density at radius 1 is 1.00 bits per heavy atom. The van der Waals surface area contributed by atoms with Gasteiger partial charge in [-0.15, -0.1) is 0 Å². The number of benzene rings is 3. The zero-order chi connectivity index (χ0) is 21.5. The summed E-state index contributed by atoms with van der Waals surface area (Å²) in [5.41, 5.74) is 4.41. The summed E-state index contributed by atoms with van der Waals surface area (Å²) in [5.74, 6) is -0.115. The summed E-state index contributed by atoms with van der Waals surface area (Å²) in [5, 5.41) is 7.20. The summed E-state index contributed by atoms with van der Waals surface area (Å²) in [6, 6.07) is 18.6. The van der Waals surface area contributed by atoms with Gasteiger partial charge >= 0.3 is 0 Å². The molecule has 3 rings (SSSR count). The number of nitrogens with one attached hydrogen (secondary N) is 2. The largest absolute Gasteiger partial charge is 0.496 e. The number of hydrogen-bond donors (Lipinski definition) is 2. The predicted molar refractivity (Wildman–Crippen MR) is 122 cm³/mol. The maximum atomic E-state index is 12.4. The number of carbonyl (C=O) groups excluding carboxylic acids is 2. The molecule has 0 aromatic heterocycles. The van der Waals surface area contributed by atoms with Gasteiger partial charge in [0, 0.05) is 31.9 Å². The van der Waals surface area contributed by atoms with Gasteiger partial charge in [0.25, 0.3) is 11.8 Å². The van der Waals surface area contributed by atoms with E-state index in [0.29, 0.717) is 33.1 Å². The second kappa shape index (κ2) is 10.0. The van der Waals surface area contributed by atoms with Crippen LogP contribution in [0, 0.1) is 0 Å². The third kappa shape index (κ3) is 5.68. The first-order valence-electron chi connectivity index (χ1n) is 8.80. The van der Waals surface area contributed by atoms with Crippen molar-refractivity contribution in [1.82, 2.24) is 5.43 Å². The van der Waals surface area contributed by atoms with E-state index in [-0.39, 0.29) is 5.91 Å². The molecule has 0 atom stereocenters. The average molecular weight is 487 g/mol. The van der Waals surface area contributed by atoms with Crippen LogP contribution >= 0.6 is 27.5 Å². The molecule has 152 valence electrons. The van der Waals surface area contributed by atoms with Crippen LogP contribution in [-0.2, 0) is 0 Å². The number of rotatable bonds is 6. The lowest BCUT2D eigenvalue weighted by Gasteiger charge is -2.07. The van der Waals surface area contributed by atoms with E-state index in [1.54, 1.807) is 61.7 Å². The molecule has 3 aromatic carbocycles. The van der Waals surface area contributed by atoms with E-state index in [2.05, 4.69) is 31.8 Å². The Morgan fingerprint density at radius 2 is 1.73 bits per heavy atom. The van der Waals surface area contributed by atoms with Crippen molar-refractivity contribution in [2.45, 2.75) is 0 Å². The van der Waals surface area contributed by atoms with Gasteiger partial charge in [-0.1, -0.05) is 39.7 Å². The minimum absolute atomic E-state index is 0.324. The molecule has 0 spiro atoms. The summed E-state index contributed by atoms with van der Waals surface area (Å²) >= 11 is 9.31. The second-order valence-corrected chi connectivity index (χ2v) is 7.48. The van der Waals surface area contributed by atoms with E-state index in [0.717, 1.165) is 4.47 Å². The van der Waals surface area contributed by atoms with Gasteiger partial charge in [0.1, 0.15) is 5.75 Å². The minimum atomic E-state index is -0.418. The van der Waals surface area contributed by atoms with Crippen molar-refractivity contribution < 1.29 is 14.3 Å². The first kappa shape index (κ1) is 21.5. The van der Waals surface area contributed by atoms with E-state index >= 15 is 0 Å². The van der Waals surface area contributed by atoms with E-state index in [4.69, 9.17) is 16.3 Å². The molecular weight excluding hydrogens is 470 g/mol. The van der Waals surface area contributed by atoms with Crippen molar-refractivity contribution >= 4 is 51.2 Å². The molecular formula is C22H17BrClN3O3. The Bertz CT molecular complexity index is 1120. The molecule has 0 aliphatic carbocycles. The topological polar surface area (TPSA) is 79.8 Å². The fourth-order valence-corrected chi connectivity index (χ4v) is 3.17. The number of methoxy groups -OCH3 is 1. The number of nitrogens with zero attached hydrogens (tertiary/aromatic N) is 1. The lowest BCUT2D eigenvalue weighted by atomic mass is 10.1. The molecule has 8 heteroatoms. The van der Waals surface area contributed by atoms with Gasteiger partial charge in [-0.3, -0.25) is 9.59 Å². The SMILES string of the molecule is COc1ccc(Br)cc1/C=N/NC(=O)c1cccc(NC(=O)c2cccc(Cl)c2)c1. The average Bonchev–Trinajstić information content (AvgIpc) is 2.74. The Hall–Kier alpha value is -3.16. The van der Waals surface area contributed by atoms with Crippen LogP contribution in [0.25, 0.3) is 0 Å². The van der Waals surface area contributed by atoms with Crippen LogP contribution in [0.5, 0.6) is 5.75 Å². The molecule has 0 bridgehead atoms. The summed E-state index contributed by atoms with van der Waals surface area (Å²) in [6.45, 7) is 0. The number of carbonyl (C=O) groups is 2. The number of amides is 2. The maximum Gasteiger partial charge on any atom is 0.271 e. The van der Waals surface area contributed by atoms with E-state index in [9.17, 15) is 9.59 Å². The van der Waals surface area contributed by atoms with Crippen LogP contribution in [-0.4, -0.2) is 25.1 Å². The van der Waals surface area contributed by atoms with E-state index in [1.165, 1.54) is 6.21 Å². The van der Waals surface area contributed by atoms with Crippen LogP contribution in [0.1, 0.15) is 26.3 Å². The monoisotopic (exact) mass is 485 g/mol. The zero-order valence-electron chi connectivity index (χ0n) is 15.9. The Morgan fingerprint density at radius 3 is 2.47 bits per heavy atom. The third-order valence-corrected chi connectivity index (χ3v) is 4.76. The molecule has 3 aromatic rings. The first-order valence-corrected chi connectivity index (χ1v) is 9.97. The van der Waals surface area contributed by atoms with Crippen LogP contribution in [0.3, 0.4) is 0 Å². The van der Waals surface area contributed by atoms with Gasteiger partial charge in [0.05, 0.1) is 13.3 Å². The second-order valence-electron chi connectivity index (χ2n) is 6.13. The zero-order valence-corrected chi connectivity index (χ0v) is 18.2. The smallest absolute Gasteiger partial charge is 0.271 e. The number of hydrazone groups is 1. The highest BCUT2D eigenvalue weighted by Crippen LogP contribution is 2.21. The number of anilines is 1. The molecule has 0 aliphatic heterocycles. The highest BCUT2D eigenvalue weighted by atomic mass is 79.9.